The van der Waals surface area contributed by atoms with E-state index in [0.29, 0.717) is 0 Å². The standard InChI is InChI=1S/C7H10F2N2OS/c1-6(10,7(8,9)4-12)5-11-2-3-13-5/h2-3,12H,4,10H2,1H3/t6-/m0/s1. The quantitative estimate of drug-likeness (QED) is 0.777. The van der Waals surface area contributed by atoms with Gasteiger partial charge < -0.3 is 10.8 Å². The van der Waals surface area contributed by atoms with Crippen LogP contribution in [0.3, 0.4) is 0 Å². The van der Waals surface area contributed by atoms with E-state index in [9.17, 15) is 8.78 Å². The van der Waals surface area contributed by atoms with Crippen LogP contribution in [-0.4, -0.2) is 22.6 Å². The molecule has 74 valence electrons. The molecule has 3 N–H and O–H groups in total. The van der Waals surface area contributed by atoms with Crippen molar-refractivity contribution in [3.8, 4) is 0 Å². The highest BCUT2D eigenvalue weighted by Crippen LogP contribution is 2.35. The Morgan fingerprint density at radius 2 is 2.31 bits per heavy atom. The zero-order valence-corrected chi connectivity index (χ0v) is 7.81. The summed E-state index contributed by atoms with van der Waals surface area (Å²) in [6, 6.07) is 0. The van der Waals surface area contributed by atoms with Gasteiger partial charge in [-0.1, -0.05) is 0 Å². The lowest BCUT2D eigenvalue weighted by Gasteiger charge is -2.30. The average Bonchev–Trinajstić information content (AvgIpc) is 2.56. The molecule has 3 nitrogen and oxygen atoms in total. The van der Waals surface area contributed by atoms with Crippen molar-refractivity contribution in [1.82, 2.24) is 4.98 Å². The van der Waals surface area contributed by atoms with Gasteiger partial charge in [0.05, 0.1) is 0 Å². The molecule has 0 aromatic carbocycles. The summed E-state index contributed by atoms with van der Waals surface area (Å²) in [5.41, 5.74) is 3.50. The Balaban J connectivity index is 3.02. The molecule has 0 bridgehead atoms. The Labute approximate surface area is 78.2 Å². The molecule has 0 aliphatic carbocycles. The highest BCUT2D eigenvalue weighted by atomic mass is 32.1. The third-order valence-electron chi connectivity index (χ3n) is 1.83. The second-order valence-corrected chi connectivity index (χ2v) is 3.80. The highest BCUT2D eigenvalue weighted by molar-refractivity contribution is 7.09. The van der Waals surface area contributed by atoms with E-state index in [-0.39, 0.29) is 5.01 Å². The third kappa shape index (κ3) is 1.70. The van der Waals surface area contributed by atoms with Crippen molar-refractivity contribution in [2.75, 3.05) is 6.61 Å². The van der Waals surface area contributed by atoms with Gasteiger partial charge in [0, 0.05) is 11.6 Å². The summed E-state index contributed by atoms with van der Waals surface area (Å²) < 4.78 is 26.2. The van der Waals surface area contributed by atoms with Crippen LogP contribution >= 0.6 is 11.3 Å². The largest absolute Gasteiger partial charge is 0.390 e. The van der Waals surface area contributed by atoms with Gasteiger partial charge in [0.2, 0.25) is 0 Å². The number of alkyl halides is 2. The first-order chi connectivity index (χ1) is 5.92. The molecular formula is C7H10F2N2OS. The number of nitrogens with zero attached hydrogens (tertiary/aromatic N) is 1. The molecule has 1 aromatic heterocycles. The summed E-state index contributed by atoms with van der Waals surface area (Å²) in [7, 11) is 0. The van der Waals surface area contributed by atoms with Gasteiger partial charge >= 0.3 is 0 Å². The lowest BCUT2D eigenvalue weighted by molar-refractivity contribution is -0.108. The van der Waals surface area contributed by atoms with Crippen molar-refractivity contribution >= 4 is 11.3 Å². The van der Waals surface area contributed by atoms with Crippen molar-refractivity contribution in [3.63, 3.8) is 0 Å². The molecule has 1 aromatic rings. The highest BCUT2D eigenvalue weighted by Gasteiger charge is 2.49. The van der Waals surface area contributed by atoms with Crippen molar-refractivity contribution in [2.45, 2.75) is 18.4 Å². The minimum Gasteiger partial charge on any atom is -0.390 e. The van der Waals surface area contributed by atoms with Crippen LogP contribution in [0.4, 0.5) is 8.78 Å². The van der Waals surface area contributed by atoms with E-state index in [0.717, 1.165) is 18.3 Å². The van der Waals surface area contributed by atoms with Crippen LogP contribution in [0.15, 0.2) is 11.6 Å². The van der Waals surface area contributed by atoms with E-state index in [1.165, 1.54) is 6.20 Å². The maximum Gasteiger partial charge on any atom is 0.294 e. The molecule has 0 saturated carbocycles. The molecular weight excluding hydrogens is 198 g/mol. The van der Waals surface area contributed by atoms with Gasteiger partial charge in [-0.05, 0) is 6.92 Å². The fourth-order valence-electron chi connectivity index (χ4n) is 0.801. The first-order valence-electron chi connectivity index (χ1n) is 3.59. The number of hydrogen-bond donors (Lipinski definition) is 2. The molecule has 0 saturated heterocycles. The summed E-state index contributed by atoms with van der Waals surface area (Å²) in [6.45, 7) is -0.123. The first kappa shape index (κ1) is 10.5. The summed E-state index contributed by atoms with van der Waals surface area (Å²) in [5.74, 6) is -3.36. The maximum absolute atomic E-state index is 13.1. The Kier molecular flexibility index (Phi) is 2.65. The smallest absolute Gasteiger partial charge is 0.294 e. The Bertz CT molecular complexity index is 274. The van der Waals surface area contributed by atoms with Gasteiger partial charge in [-0.25, -0.2) is 13.8 Å². The van der Waals surface area contributed by atoms with Gasteiger partial charge in [0.1, 0.15) is 17.2 Å². The number of rotatable bonds is 3. The first-order valence-corrected chi connectivity index (χ1v) is 4.47. The van der Waals surface area contributed by atoms with Crippen LogP contribution in [0.1, 0.15) is 11.9 Å². The molecule has 0 aliphatic heterocycles. The van der Waals surface area contributed by atoms with Crippen LogP contribution in [0.25, 0.3) is 0 Å². The van der Waals surface area contributed by atoms with Crippen molar-refractivity contribution < 1.29 is 13.9 Å². The van der Waals surface area contributed by atoms with E-state index in [1.807, 2.05) is 0 Å². The van der Waals surface area contributed by atoms with Crippen LogP contribution in [0.2, 0.25) is 0 Å². The predicted molar refractivity (Wildman–Crippen MR) is 45.7 cm³/mol. The maximum atomic E-state index is 13.1. The Morgan fingerprint density at radius 3 is 2.69 bits per heavy atom. The van der Waals surface area contributed by atoms with Crippen molar-refractivity contribution in [3.05, 3.63) is 16.6 Å². The number of nitrogens with two attached hydrogens (primary N) is 1. The Morgan fingerprint density at radius 1 is 1.69 bits per heavy atom. The summed E-state index contributed by atoms with van der Waals surface area (Å²) >= 11 is 1.04. The van der Waals surface area contributed by atoms with Gasteiger partial charge in [-0.3, -0.25) is 0 Å². The van der Waals surface area contributed by atoms with Crippen molar-refractivity contribution in [2.24, 2.45) is 5.73 Å². The number of hydrogen-bond acceptors (Lipinski definition) is 4. The summed E-state index contributed by atoms with van der Waals surface area (Å²) in [4.78, 5) is 3.70. The van der Waals surface area contributed by atoms with Crippen LogP contribution < -0.4 is 5.73 Å². The topological polar surface area (TPSA) is 59.1 Å². The molecule has 0 fully saturated rings. The second kappa shape index (κ2) is 3.28. The molecule has 0 spiro atoms. The molecule has 0 aliphatic rings. The normalized spacial score (nSPS) is 17.0. The second-order valence-electron chi connectivity index (χ2n) is 2.90. The monoisotopic (exact) mass is 208 g/mol. The minimum atomic E-state index is -3.36. The molecule has 0 radical (unpaired) electrons. The van der Waals surface area contributed by atoms with E-state index < -0.39 is 18.1 Å². The molecule has 1 heterocycles. The summed E-state index contributed by atoms with van der Waals surface area (Å²) in [5, 5.41) is 10.2. The predicted octanol–water partition coefficient (Wildman–Crippen LogP) is 0.945. The van der Waals surface area contributed by atoms with Gasteiger partial charge in [0.25, 0.3) is 5.92 Å². The zero-order valence-electron chi connectivity index (χ0n) is 7.00. The van der Waals surface area contributed by atoms with Crippen LogP contribution in [0, 0.1) is 0 Å². The number of aliphatic hydroxyl groups is 1. The van der Waals surface area contributed by atoms with E-state index in [1.54, 1.807) is 5.38 Å². The van der Waals surface area contributed by atoms with Gasteiger partial charge in [-0.15, -0.1) is 11.3 Å². The fourth-order valence-corrected chi connectivity index (χ4v) is 1.57. The fraction of sp³-hybridized carbons (Fsp3) is 0.571. The molecule has 0 unspecified atom stereocenters. The lowest BCUT2D eigenvalue weighted by Crippen LogP contribution is -2.52. The number of halogens is 2. The number of thiazole rings is 1. The number of aliphatic hydroxyl groups excluding tert-OH is 1. The molecule has 13 heavy (non-hydrogen) atoms. The van der Waals surface area contributed by atoms with Crippen LogP contribution in [0.5, 0.6) is 0 Å². The molecule has 1 rings (SSSR count). The molecule has 1 atom stereocenters. The molecule has 6 heteroatoms. The van der Waals surface area contributed by atoms with E-state index >= 15 is 0 Å². The average molecular weight is 208 g/mol. The van der Waals surface area contributed by atoms with Gasteiger partial charge in [0.15, 0.2) is 0 Å². The van der Waals surface area contributed by atoms with Crippen molar-refractivity contribution in [1.29, 1.82) is 0 Å². The van der Waals surface area contributed by atoms with E-state index in [4.69, 9.17) is 10.8 Å². The van der Waals surface area contributed by atoms with E-state index in [2.05, 4.69) is 4.98 Å². The SMILES string of the molecule is C[C@](N)(c1nccs1)C(F)(F)CO. The van der Waals surface area contributed by atoms with Crippen LogP contribution in [-0.2, 0) is 5.54 Å². The van der Waals surface area contributed by atoms with Gasteiger partial charge in [-0.2, -0.15) is 0 Å². The molecule has 0 amide bonds. The zero-order chi connectivity index (χ0) is 10.1. The Hall–Kier alpha value is -0.590. The minimum absolute atomic E-state index is 0.117. The lowest BCUT2D eigenvalue weighted by atomic mass is 9.96. The third-order valence-corrected chi connectivity index (χ3v) is 2.85. The summed E-state index contributed by atoms with van der Waals surface area (Å²) in [6.07, 6.45) is 1.40. The number of aromatic nitrogens is 1.